The van der Waals surface area contributed by atoms with Crippen molar-refractivity contribution < 1.29 is 21.6 Å². The van der Waals surface area contributed by atoms with Gasteiger partial charge in [-0.05, 0) is 67.5 Å². The summed E-state index contributed by atoms with van der Waals surface area (Å²) >= 11 is 6.11. The highest BCUT2D eigenvalue weighted by Crippen LogP contribution is 2.42. The second kappa shape index (κ2) is 8.30. The zero-order valence-electron chi connectivity index (χ0n) is 16.9. The van der Waals surface area contributed by atoms with E-state index in [-0.39, 0.29) is 15.3 Å². The summed E-state index contributed by atoms with van der Waals surface area (Å²) in [5.41, 5.74) is 0.0900. The van der Waals surface area contributed by atoms with Crippen LogP contribution >= 0.6 is 11.6 Å². The van der Waals surface area contributed by atoms with Crippen LogP contribution in [0.25, 0.3) is 0 Å². The van der Waals surface area contributed by atoms with Crippen LogP contribution in [0.5, 0.6) is 0 Å². The van der Waals surface area contributed by atoms with Crippen molar-refractivity contribution >= 4 is 27.3 Å². The Morgan fingerprint density at radius 1 is 0.903 bits per heavy atom. The molecule has 0 N–H and O–H groups in total. The van der Waals surface area contributed by atoms with Gasteiger partial charge in [0.1, 0.15) is 4.90 Å². The topological polar surface area (TPSA) is 40.6 Å². The molecule has 0 saturated carbocycles. The van der Waals surface area contributed by atoms with E-state index in [0.29, 0.717) is 25.9 Å². The molecule has 0 atom stereocenters. The third-order valence-electron chi connectivity index (χ3n) is 6.46. The molecule has 2 fully saturated rings. The SMILES string of the molecule is O=S(=O)(c1ccccc1Cl)N1CCC2(CCCN(c3ccc(C(F)(F)F)cc3)C2)CC1. The number of hydrogen-bond acceptors (Lipinski definition) is 3. The van der Waals surface area contributed by atoms with Crippen LogP contribution in [0.2, 0.25) is 5.02 Å². The number of piperidine rings is 2. The van der Waals surface area contributed by atoms with Crippen LogP contribution in [0, 0.1) is 5.41 Å². The van der Waals surface area contributed by atoms with Gasteiger partial charge in [-0.2, -0.15) is 17.5 Å². The van der Waals surface area contributed by atoms with Crippen LogP contribution in [0.15, 0.2) is 53.4 Å². The van der Waals surface area contributed by atoms with Gasteiger partial charge < -0.3 is 4.90 Å². The number of rotatable bonds is 3. The van der Waals surface area contributed by atoms with Gasteiger partial charge >= 0.3 is 6.18 Å². The van der Waals surface area contributed by atoms with Gasteiger partial charge in [-0.3, -0.25) is 0 Å². The fourth-order valence-corrected chi connectivity index (χ4v) is 6.63. The summed E-state index contributed by atoms with van der Waals surface area (Å²) < 4.78 is 66.1. The van der Waals surface area contributed by atoms with Crippen LogP contribution in [-0.4, -0.2) is 38.9 Å². The lowest BCUT2D eigenvalue weighted by Gasteiger charge is -2.48. The summed E-state index contributed by atoms with van der Waals surface area (Å²) in [7, 11) is -3.65. The first kappa shape index (κ1) is 22.4. The summed E-state index contributed by atoms with van der Waals surface area (Å²) in [6.45, 7) is 2.33. The molecule has 1 spiro atoms. The number of anilines is 1. The average Bonchev–Trinajstić information content (AvgIpc) is 2.74. The lowest BCUT2D eigenvalue weighted by molar-refractivity contribution is -0.137. The van der Waals surface area contributed by atoms with Crippen LogP contribution in [0.1, 0.15) is 31.2 Å². The van der Waals surface area contributed by atoms with Gasteiger partial charge in [-0.25, -0.2) is 8.42 Å². The number of benzene rings is 2. The van der Waals surface area contributed by atoms with Gasteiger partial charge in [-0.15, -0.1) is 0 Å². The molecular weight excluding hydrogens is 449 g/mol. The van der Waals surface area contributed by atoms with E-state index in [4.69, 9.17) is 11.6 Å². The predicted molar refractivity (Wildman–Crippen MR) is 115 cm³/mol. The van der Waals surface area contributed by atoms with E-state index in [1.54, 1.807) is 18.2 Å². The fraction of sp³-hybridized carbons (Fsp3) is 0.455. The molecule has 0 unspecified atom stereocenters. The van der Waals surface area contributed by atoms with E-state index in [1.165, 1.54) is 22.5 Å². The van der Waals surface area contributed by atoms with Crippen molar-refractivity contribution in [3.63, 3.8) is 0 Å². The van der Waals surface area contributed by atoms with E-state index >= 15 is 0 Å². The Kier molecular flexibility index (Phi) is 6.00. The molecule has 2 aromatic carbocycles. The number of halogens is 4. The summed E-state index contributed by atoms with van der Waals surface area (Å²) in [6, 6.07) is 11.7. The first-order chi connectivity index (χ1) is 14.6. The molecule has 4 rings (SSSR count). The van der Waals surface area contributed by atoms with Crippen molar-refractivity contribution in [3.05, 3.63) is 59.1 Å². The first-order valence-electron chi connectivity index (χ1n) is 10.3. The van der Waals surface area contributed by atoms with Crippen molar-refractivity contribution in [3.8, 4) is 0 Å². The summed E-state index contributed by atoms with van der Waals surface area (Å²) in [6.07, 6.45) is -0.994. The molecule has 2 aliphatic rings. The monoisotopic (exact) mass is 472 g/mol. The maximum Gasteiger partial charge on any atom is 0.416 e. The minimum atomic E-state index is -4.35. The Morgan fingerprint density at radius 3 is 2.16 bits per heavy atom. The Morgan fingerprint density at radius 2 is 1.55 bits per heavy atom. The quantitative estimate of drug-likeness (QED) is 0.598. The predicted octanol–water partition coefficient (Wildman–Crippen LogP) is 5.43. The second-order valence-corrected chi connectivity index (χ2v) is 10.7. The highest BCUT2D eigenvalue weighted by atomic mass is 35.5. The molecular formula is C22H24ClF3N2O2S. The summed E-state index contributed by atoms with van der Waals surface area (Å²) in [5, 5.41) is 0.217. The average molecular weight is 473 g/mol. The third kappa shape index (κ3) is 4.56. The molecule has 2 heterocycles. The second-order valence-electron chi connectivity index (χ2n) is 8.40. The largest absolute Gasteiger partial charge is 0.416 e. The van der Waals surface area contributed by atoms with Crippen molar-refractivity contribution in [1.29, 1.82) is 0 Å². The molecule has 2 aromatic rings. The highest BCUT2D eigenvalue weighted by molar-refractivity contribution is 7.89. The van der Waals surface area contributed by atoms with Gasteiger partial charge in [0.2, 0.25) is 10.0 Å². The van der Waals surface area contributed by atoms with E-state index in [2.05, 4.69) is 4.90 Å². The molecule has 168 valence electrons. The van der Waals surface area contributed by atoms with Crippen LogP contribution < -0.4 is 4.90 Å². The van der Waals surface area contributed by atoms with E-state index < -0.39 is 21.8 Å². The molecule has 0 radical (unpaired) electrons. The van der Waals surface area contributed by atoms with Crippen molar-refractivity contribution in [2.75, 3.05) is 31.1 Å². The molecule has 0 bridgehead atoms. The van der Waals surface area contributed by atoms with Gasteiger partial charge in [0.05, 0.1) is 10.6 Å². The van der Waals surface area contributed by atoms with Crippen molar-refractivity contribution in [2.45, 2.75) is 36.8 Å². The standard InChI is InChI=1S/C22H24ClF3N2O2S/c23-19-4-1-2-5-20(19)31(29,30)28-14-11-21(12-15-28)10-3-13-27(16-21)18-8-6-17(7-9-18)22(24,25)26/h1-2,4-9H,3,10-16H2. The van der Waals surface area contributed by atoms with Crippen LogP contribution in [0.4, 0.5) is 18.9 Å². The molecule has 0 aliphatic carbocycles. The Balaban J connectivity index is 1.45. The zero-order chi connectivity index (χ0) is 22.3. The molecule has 0 amide bonds. The fourth-order valence-electron chi connectivity index (χ4n) is 4.69. The maximum atomic E-state index is 13.0. The Bertz CT molecular complexity index is 1030. The lowest BCUT2D eigenvalue weighted by atomic mass is 9.73. The molecule has 4 nitrogen and oxygen atoms in total. The number of sulfonamides is 1. The third-order valence-corrected chi connectivity index (χ3v) is 8.86. The van der Waals surface area contributed by atoms with Gasteiger partial charge in [0, 0.05) is 31.9 Å². The number of nitrogens with zero attached hydrogens (tertiary/aromatic N) is 2. The molecule has 0 aromatic heterocycles. The van der Waals surface area contributed by atoms with Crippen LogP contribution in [-0.2, 0) is 16.2 Å². The van der Waals surface area contributed by atoms with Crippen LogP contribution in [0.3, 0.4) is 0 Å². The van der Waals surface area contributed by atoms with Gasteiger partial charge in [-0.1, -0.05) is 23.7 Å². The summed E-state index contributed by atoms with van der Waals surface area (Å²) in [4.78, 5) is 2.25. The normalized spacial score (nSPS) is 20.2. The van der Waals surface area contributed by atoms with E-state index in [0.717, 1.165) is 43.8 Å². The van der Waals surface area contributed by atoms with Crippen molar-refractivity contribution in [1.82, 2.24) is 4.31 Å². The Hall–Kier alpha value is -1.77. The molecule has 2 aliphatic heterocycles. The number of alkyl halides is 3. The van der Waals surface area contributed by atoms with E-state index in [1.807, 2.05) is 0 Å². The maximum absolute atomic E-state index is 13.0. The number of hydrogen-bond donors (Lipinski definition) is 0. The molecule has 31 heavy (non-hydrogen) atoms. The van der Waals surface area contributed by atoms with Gasteiger partial charge in [0.25, 0.3) is 0 Å². The zero-order valence-corrected chi connectivity index (χ0v) is 18.5. The molecule has 2 saturated heterocycles. The van der Waals surface area contributed by atoms with Crippen molar-refractivity contribution in [2.24, 2.45) is 5.41 Å². The Labute approximate surface area is 185 Å². The van der Waals surface area contributed by atoms with E-state index in [9.17, 15) is 21.6 Å². The molecule has 9 heteroatoms. The van der Waals surface area contributed by atoms with Gasteiger partial charge in [0.15, 0.2) is 0 Å². The lowest BCUT2D eigenvalue weighted by Crippen LogP contribution is -2.50. The minimum Gasteiger partial charge on any atom is -0.371 e. The highest BCUT2D eigenvalue weighted by Gasteiger charge is 2.41. The summed E-state index contributed by atoms with van der Waals surface area (Å²) in [5.74, 6) is 0. The minimum absolute atomic E-state index is 0.0343. The first-order valence-corrected chi connectivity index (χ1v) is 12.1. The smallest absolute Gasteiger partial charge is 0.371 e.